The Labute approximate surface area is 108 Å². The number of ether oxygens (including phenoxy) is 1. The maximum Gasteiger partial charge on any atom is 0.305 e. The molecule has 0 amide bonds. The number of carboxylic acids is 1. The summed E-state index contributed by atoms with van der Waals surface area (Å²) in [4.78, 5) is 16.2. The molecule has 3 rings (SSSR count). The van der Waals surface area contributed by atoms with Gasteiger partial charge < -0.3 is 9.84 Å². The Morgan fingerprint density at radius 1 is 1.28 bits per heavy atom. The molecule has 0 bridgehead atoms. The van der Waals surface area contributed by atoms with Gasteiger partial charge in [0.15, 0.2) is 0 Å². The van der Waals surface area contributed by atoms with E-state index in [9.17, 15) is 9.90 Å². The Kier molecular flexibility index (Phi) is 3.30. The van der Waals surface area contributed by atoms with E-state index in [1.807, 2.05) is 0 Å². The van der Waals surface area contributed by atoms with Crippen LogP contribution in [0.5, 0.6) is 0 Å². The quantitative estimate of drug-likeness (QED) is 0.790. The molecule has 3 aliphatic rings. The van der Waals surface area contributed by atoms with Gasteiger partial charge in [-0.05, 0) is 25.8 Å². The SMILES string of the molecule is O=C(O)CC1(N2CCOCC2)CCN2CCCC21. The lowest BCUT2D eigenvalue weighted by Crippen LogP contribution is -2.59. The number of fused-ring (bicyclic) bond motifs is 1. The summed E-state index contributed by atoms with van der Waals surface area (Å²) in [6.07, 6.45) is 3.67. The normalized spacial score (nSPS) is 37.9. The molecule has 5 heteroatoms. The standard InChI is InChI=1S/C13H22N2O3/c16-12(17)10-13(15-6-8-18-9-7-15)3-5-14-4-1-2-11(13)14/h11H,1-10H2,(H,16,17). The van der Waals surface area contributed by atoms with Crippen LogP contribution in [0, 0.1) is 0 Å². The molecule has 102 valence electrons. The molecule has 3 saturated heterocycles. The summed E-state index contributed by atoms with van der Waals surface area (Å²) in [5.74, 6) is -0.657. The molecule has 0 spiro atoms. The zero-order valence-electron chi connectivity index (χ0n) is 10.8. The van der Waals surface area contributed by atoms with Crippen molar-refractivity contribution >= 4 is 5.97 Å². The first-order chi connectivity index (χ1) is 8.72. The smallest absolute Gasteiger partial charge is 0.305 e. The Bertz CT molecular complexity index is 330. The zero-order valence-corrected chi connectivity index (χ0v) is 10.8. The number of aliphatic carboxylic acids is 1. The lowest BCUT2D eigenvalue weighted by atomic mass is 9.83. The monoisotopic (exact) mass is 254 g/mol. The van der Waals surface area contributed by atoms with E-state index >= 15 is 0 Å². The number of carbonyl (C=O) groups is 1. The van der Waals surface area contributed by atoms with Crippen LogP contribution in [0.1, 0.15) is 25.7 Å². The third kappa shape index (κ3) is 1.94. The van der Waals surface area contributed by atoms with Gasteiger partial charge >= 0.3 is 5.97 Å². The molecule has 0 aromatic rings. The Morgan fingerprint density at radius 3 is 2.78 bits per heavy atom. The van der Waals surface area contributed by atoms with Crippen molar-refractivity contribution in [2.75, 3.05) is 39.4 Å². The van der Waals surface area contributed by atoms with E-state index in [1.54, 1.807) is 0 Å². The van der Waals surface area contributed by atoms with Gasteiger partial charge in [0, 0.05) is 31.2 Å². The van der Waals surface area contributed by atoms with Crippen molar-refractivity contribution in [3.63, 3.8) is 0 Å². The summed E-state index contributed by atoms with van der Waals surface area (Å²) in [7, 11) is 0. The number of morpholine rings is 1. The van der Waals surface area contributed by atoms with Crippen LogP contribution in [0.3, 0.4) is 0 Å². The minimum Gasteiger partial charge on any atom is -0.481 e. The van der Waals surface area contributed by atoms with Crippen LogP contribution in [0.2, 0.25) is 0 Å². The second-order valence-corrected chi connectivity index (χ2v) is 5.72. The van der Waals surface area contributed by atoms with E-state index in [4.69, 9.17) is 4.74 Å². The molecular weight excluding hydrogens is 232 g/mol. The topological polar surface area (TPSA) is 53.0 Å². The Balaban J connectivity index is 1.85. The lowest BCUT2D eigenvalue weighted by Gasteiger charge is -2.46. The first-order valence-corrected chi connectivity index (χ1v) is 7.01. The number of hydrogen-bond acceptors (Lipinski definition) is 4. The van der Waals surface area contributed by atoms with Crippen LogP contribution in [-0.4, -0.2) is 71.8 Å². The van der Waals surface area contributed by atoms with Gasteiger partial charge in [-0.15, -0.1) is 0 Å². The van der Waals surface area contributed by atoms with E-state index in [-0.39, 0.29) is 12.0 Å². The third-order valence-corrected chi connectivity index (χ3v) is 4.91. The summed E-state index contributed by atoms with van der Waals surface area (Å²) in [6, 6.07) is 0.451. The number of hydrogen-bond donors (Lipinski definition) is 1. The molecule has 0 aliphatic carbocycles. The average molecular weight is 254 g/mol. The van der Waals surface area contributed by atoms with Crippen molar-refractivity contribution in [3.8, 4) is 0 Å². The predicted octanol–water partition coefficient (Wildman–Crippen LogP) is 0.400. The summed E-state index contributed by atoms with van der Waals surface area (Å²) >= 11 is 0. The molecule has 5 nitrogen and oxygen atoms in total. The highest BCUT2D eigenvalue weighted by Gasteiger charge is 2.53. The van der Waals surface area contributed by atoms with Crippen molar-refractivity contribution in [2.24, 2.45) is 0 Å². The van der Waals surface area contributed by atoms with Crippen LogP contribution < -0.4 is 0 Å². The molecule has 2 unspecified atom stereocenters. The molecule has 2 atom stereocenters. The van der Waals surface area contributed by atoms with E-state index in [1.165, 1.54) is 6.42 Å². The van der Waals surface area contributed by atoms with Gasteiger partial charge in [0.05, 0.1) is 19.6 Å². The van der Waals surface area contributed by atoms with E-state index in [0.717, 1.165) is 52.2 Å². The molecule has 18 heavy (non-hydrogen) atoms. The van der Waals surface area contributed by atoms with Gasteiger partial charge in [-0.1, -0.05) is 0 Å². The minimum atomic E-state index is -0.657. The maximum absolute atomic E-state index is 11.3. The summed E-state index contributed by atoms with van der Waals surface area (Å²) in [6.45, 7) is 5.48. The van der Waals surface area contributed by atoms with Crippen molar-refractivity contribution in [3.05, 3.63) is 0 Å². The summed E-state index contributed by atoms with van der Waals surface area (Å²) in [5.41, 5.74) is -0.133. The van der Waals surface area contributed by atoms with Gasteiger partial charge in [-0.3, -0.25) is 14.6 Å². The number of rotatable bonds is 3. The lowest BCUT2D eigenvalue weighted by molar-refractivity contribution is -0.142. The minimum absolute atomic E-state index is 0.133. The highest BCUT2D eigenvalue weighted by atomic mass is 16.5. The van der Waals surface area contributed by atoms with Crippen LogP contribution >= 0.6 is 0 Å². The second kappa shape index (κ2) is 4.79. The van der Waals surface area contributed by atoms with E-state index in [2.05, 4.69) is 9.80 Å². The molecule has 0 aromatic carbocycles. The van der Waals surface area contributed by atoms with Gasteiger partial charge in [-0.25, -0.2) is 0 Å². The first kappa shape index (κ1) is 12.4. The molecule has 0 aromatic heterocycles. The number of carboxylic acid groups (broad SMARTS) is 1. The van der Waals surface area contributed by atoms with Gasteiger partial charge in [0.2, 0.25) is 0 Å². The van der Waals surface area contributed by atoms with Gasteiger partial charge in [-0.2, -0.15) is 0 Å². The van der Waals surface area contributed by atoms with Crippen LogP contribution in [0.15, 0.2) is 0 Å². The third-order valence-electron chi connectivity index (χ3n) is 4.91. The Hall–Kier alpha value is -0.650. The van der Waals surface area contributed by atoms with Crippen molar-refractivity contribution < 1.29 is 14.6 Å². The zero-order chi connectivity index (χ0) is 12.6. The molecule has 1 N–H and O–H groups in total. The van der Waals surface area contributed by atoms with Crippen LogP contribution in [-0.2, 0) is 9.53 Å². The van der Waals surface area contributed by atoms with Gasteiger partial charge in [0.1, 0.15) is 0 Å². The van der Waals surface area contributed by atoms with Crippen LogP contribution in [0.25, 0.3) is 0 Å². The highest BCUT2D eigenvalue weighted by Crippen LogP contribution is 2.42. The van der Waals surface area contributed by atoms with Crippen molar-refractivity contribution in [1.82, 2.24) is 9.80 Å². The fraction of sp³-hybridized carbons (Fsp3) is 0.923. The summed E-state index contributed by atoms with van der Waals surface area (Å²) in [5, 5.41) is 9.31. The van der Waals surface area contributed by atoms with Crippen molar-refractivity contribution in [1.29, 1.82) is 0 Å². The number of nitrogens with zero attached hydrogens (tertiary/aromatic N) is 2. The Morgan fingerprint density at radius 2 is 2.06 bits per heavy atom. The van der Waals surface area contributed by atoms with Gasteiger partial charge in [0.25, 0.3) is 0 Å². The van der Waals surface area contributed by atoms with E-state index in [0.29, 0.717) is 6.04 Å². The maximum atomic E-state index is 11.3. The molecule has 3 aliphatic heterocycles. The highest BCUT2D eigenvalue weighted by molar-refractivity contribution is 5.68. The van der Waals surface area contributed by atoms with E-state index < -0.39 is 5.97 Å². The molecule has 3 fully saturated rings. The largest absolute Gasteiger partial charge is 0.481 e. The molecule has 0 saturated carbocycles. The second-order valence-electron chi connectivity index (χ2n) is 5.72. The van der Waals surface area contributed by atoms with Crippen molar-refractivity contribution in [2.45, 2.75) is 37.3 Å². The fourth-order valence-corrected chi connectivity index (χ4v) is 4.16. The molecular formula is C13H22N2O3. The summed E-state index contributed by atoms with van der Waals surface area (Å²) < 4.78 is 5.42. The first-order valence-electron chi connectivity index (χ1n) is 7.01. The fourth-order valence-electron chi connectivity index (χ4n) is 4.16. The predicted molar refractivity (Wildman–Crippen MR) is 66.6 cm³/mol. The average Bonchev–Trinajstić information content (AvgIpc) is 2.94. The van der Waals surface area contributed by atoms with Crippen LogP contribution in [0.4, 0.5) is 0 Å². The molecule has 3 heterocycles. The molecule has 0 radical (unpaired) electrons.